The van der Waals surface area contributed by atoms with E-state index in [1.807, 2.05) is 54.6 Å². The molecule has 0 fully saturated rings. The number of fused-ring (bicyclic) bond motifs is 3. The van der Waals surface area contributed by atoms with Gasteiger partial charge in [-0.2, -0.15) is 0 Å². The van der Waals surface area contributed by atoms with E-state index in [4.69, 9.17) is 5.73 Å². The highest BCUT2D eigenvalue weighted by atomic mass is 32.2. The van der Waals surface area contributed by atoms with Gasteiger partial charge in [-0.1, -0.05) is 54.2 Å². The maximum atomic E-state index is 13.1. The van der Waals surface area contributed by atoms with Crippen LogP contribution in [0.15, 0.2) is 64.6 Å². The number of aliphatic imine (C=N–C) groups is 2. The molecule has 3 N–H and O–H groups in total. The second-order valence-corrected chi connectivity index (χ2v) is 8.38. The third-order valence-electron chi connectivity index (χ3n) is 5.11. The largest absolute Gasteiger partial charge is 0.369 e. The van der Waals surface area contributed by atoms with Gasteiger partial charge >= 0.3 is 0 Å². The average molecular weight is 450 g/mol. The van der Waals surface area contributed by atoms with Crippen LogP contribution in [-0.4, -0.2) is 52.0 Å². The number of primary amides is 1. The maximum absolute atomic E-state index is 13.1. The topological polar surface area (TPSA) is 117 Å². The molecule has 0 aromatic heterocycles. The quantitative estimate of drug-likeness (QED) is 0.641. The van der Waals surface area contributed by atoms with E-state index in [0.29, 0.717) is 29.7 Å². The van der Waals surface area contributed by atoms with Crippen LogP contribution < -0.4 is 11.1 Å². The van der Waals surface area contributed by atoms with Gasteiger partial charge in [0, 0.05) is 18.5 Å². The van der Waals surface area contributed by atoms with Crippen LogP contribution in [0, 0.1) is 0 Å². The number of carbonyl (C=O) groups is 3. The van der Waals surface area contributed by atoms with Crippen molar-refractivity contribution in [2.75, 3.05) is 12.3 Å². The molecule has 8 nitrogen and oxygen atoms in total. The van der Waals surface area contributed by atoms with Crippen molar-refractivity contribution in [1.82, 2.24) is 10.2 Å². The van der Waals surface area contributed by atoms with Gasteiger partial charge < -0.3 is 11.1 Å². The van der Waals surface area contributed by atoms with Crippen molar-refractivity contribution >= 4 is 46.2 Å². The number of nitrogens with two attached hydrogens (primary N) is 1. The van der Waals surface area contributed by atoms with E-state index in [1.165, 1.54) is 4.90 Å². The second-order valence-electron chi connectivity index (χ2n) is 7.43. The van der Waals surface area contributed by atoms with Crippen LogP contribution in [0.1, 0.15) is 24.0 Å². The Bertz CT molecular complexity index is 1100. The number of carbonyl (C=O) groups excluding carboxylic acids is 3. The van der Waals surface area contributed by atoms with Gasteiger partial charge in [-0.15, -0.1) is 0 Å². The first-order valence-corrected chi connectivity index (χ1v) is 11.3. The summed E-state index contributed by atoms with van der Waals surface area (Å²) >= 11 is 1.11. The molecular formula is C23H23N5O3S. The van der Waals surface area contributed by atoms with E-state index in [1.54, 1.807) is 0 Å². The number of nitrogens with zero attached hydrogens (tertiary/aromatic N) is 3. The van der Waals surface area contributed by atoms with Gasteiger partial charge in [0.15, 0.2) is 5.17 Å². The fourth-order valence-electron chi connectivity index (χ4n) is 3.57. The molecule has 0 saturated heterocycles. The summed E-state index contributed by atoms with van der Waals surface area (Å²) in [6.07, 6.45) is 1.24. The van der Waals surface area contributed by atoms with E-state index >= 15 is 0 Å². The Hall–Kier alpha value is -3.46. The zero-order chi connectivity index (χ0) is 22.5. The molecule has 2 aromatic rings. The summed E-state index contributed by atoms with van der Waals surface area (Å²) in [4.78, 5) is 47.2. The molecule has 1 atom stereocenters. The molecular weight excluding hydrogens is 426 g/mol. The summed E-state index contributed by atoms with van der Waals surface area (Å²) in [7, 11) is 0. The first kappa shape index (κ1) is 21.8. The number of thioether (sulfide) groups is 1. The average Bonchev–Trinajstić information content (AvgIpc) is 3.13. The van der Waals surface area contributed by atoms with Gasteiger partial charge in [-0.05, 0) is 30.5 Å². The summed E-state index contributed by atoms with van der Waals surface area (Å²) in [6.45, 7) is 0.538. The molecule has 0 radical (unpaired) electrons. The summed E-state index contributed by atoms with van der Waals surface area (Å²) < 4.78 is 0. The number of nitrogens with one attached hydrogen (secondary N) is 1. The minimum atomic E-state index is -0.671. The molecule has 0 saturated carbocycles. The lowest BCUT2D eigenvalue weighted by molar-refractivity contribution is -0.125. The lowest BCUT2D eigenvalue weighted by atomic mass is 10.1. The Morgan fingerprint density at radius 2 is 1.84 bits per heavy atom. The van der Waals surface area contributed by atoms with Crippen LogP contribution in [0.5, 0.6) is 0 Å². The number of benzene rings is 2. The predicted molar refractivity (Wildman–Crippen MR) is 125 cm³/mol. The first-order valence-electron chi connectivity index (χ1n) is 10.3. The second kappa shape index (κ2) is 9.78. The highest BCUT2D eigenvalue weighted by Gasteiger charge is 2.41. The fourth-order valence-corrected chi connectivity index (χ4v) is 4.31. The first-order chi connectivity index (χ1) is 15.5. The number of hydrogen-bond acceptors (Lipinski definition) is 6. The van der Waals surface area contributed by atoms with Crippen LogP contribution in [0.25, 0.3) is 0 Å². The lowest BCUT2D eigenvalue weighted by Crippen LogP contribution is -2.41. The van der Waals surface area contributed by atoms with E-state index in [2.05, 4.69) is 15.3 Å². The molecule has 3 amide bonds. The van der Waals surface area contributed by atoms with Gasteiger partial charge in [0.1, 0.15) is 11.9 Å². The normalized spacial score (nSPS) is 16.7. The molecule has 32 heavy (non-hydrogen) atoms. The van der Waals surface area contributed by atoms with E-state index in [0.717, 1.165) is 29.3 Å². The Labute approximate surface area is 190 Å². The molecule has 164 valence electrons. The molecule has 0 aliphatic carbocycles. The molecule has 0 spiro atoms. The van der Waals surface area contributed by atoms with E-state index in [9.17, 15) is 14.4 Å². The van der Waals surface area contributed by atoms with Gasteiger partial charge in [-0.25, -0.2) is 9.89 Å². The number of para-hydroxylation sites is 1. The Morgan fingerprint density at radius 1 is 1.09 bits per heavy atom. The van der Waals surface area contributed by atoms with Crippen LogP contribution >= 0.6 is 11.8 Å². The van der Waals surface area contributed by atoms with Gasteiger partial charge in [0.25, 0.3) is 5.91 Å². The van der Waals surface area contributed by atoms with Gasteiger partial charge in [0.05, 0.1) is 11.4 Å². The molecule has 2 aromatic carbocycles. The fraction of sp³-hybridized carbons (Fsp3) is 0.261. The Morgan fingerprint density at radius 3 is 2.62 bits per heavy atom. The molecule has 2 heterocycles. The van der Waals surface area contributed by atoms with Crippen molar-refractivity contribution in [2.24, 2.45) is 15.7 Å². The summed E-state index contributed by atoms with van der Waals surface area (Å²) in [5, 5.41) is 3.27. The Balaban J connectivity index is 1.39. The lowest BCUT2D eigenvalue weighted by Gasteiger charge is -2.25. The molecule has 9 heteroatoms. The number of amidine groups is 2. The highest BCUT2D eigenvalue weighted by molar-refractivity contribution is 8.14. The van der Waals surface area contributed by atoms with Crippen LogP contribution in [0.3, 0.4) is 0 Å². The number of hydrogen-bond donors (Lipinski definition) is 2. The number of rotatable bonds is 8. The van der Waals surface area contributed by atoms with Crippen molar-refractivity contribution in [3.8, 4) is 0 Å². The molecule has 4 rings (SSSR count). The molecule has 0 bridgehead atoms. The maximum Gasteiger partial charge on any atom is 0.259 e. The van der Waals surface area contributed by atoms with Crippen LogP contribution in [0.4, 0.5) is 5.69 Å². The third-order valence-corrected chi connectivity index (χ3v) is 6.08. The Kier molecular flexibility index (Phi) is 6.65. The highest BCUT2D eigenvalue weighted by Crippen LogP contribution is 2.34. The van der Waals surface area contributed by atoms with Gasteiger partial charge in [-0.3, -0.25) is 19.4 Å². The summed E-state index contributed by atoms with van der Waals surface area (Å²) in [5.41, 5.74) is 7.85. The monoisotopic (exact) mass is 449 g/mol. The number of amides is 3. The van der Waals surface area contributed by atoms with Crippen molar-refractivity contribution in [2.45, 2.75) is 25.3 Å². The smallest absolute Gasteiger partial charge is 0.259 e. The van der Waals surface area contributed by atoms with Crippen molar-refractivity contribution in [3.05, 3.63) is 65.7 Å². The minimum Gasteiger partial charge on any atom is -0.369 e. The third kappa shape index (κ3) is 4.88. The summed E-state index contributed by atoms with van der Waals surface area (Å²) in [5.74, 6) is -0.349. The molecule has 2 aliphatic heterocycles. The standard InChI is InChI=1S/C23H23N5O3S/c24-19(29)14-32-23-27-17-9-5-4-8-16(17)21-26-18(22(31)28(21)23)10-11-20(30)25-13-12-15-6-2-1-3-7-15/h1-9,18H,10-14H2,(H2,24,29)(H,25,30). The van der Waals surface area contributed by atoms with E-state index in [-0.39, 0.29) is 24.0 Å². The predicted octanol–water partition coefficient (Wildman–Crippen LogP) is 2.00. The molecule has 1 unspecified atom stereocenters. The zero-order valence-corrected chi connectivity index (χ0v) is 18.2. The van der Waals surface area contributed by atoms with Crippen molar-refractivity contribution in [1.29, 1.82) is 0 Å². The SMILES string of the molecule is NC(=O)CSC1=Nc2ccccc2C2=NC(CCC(=O)NCCc3ccccc3)C(=O)N12. The molecule has 2 aliphatic rings. The van der Waals surface area contributed by atoms with Crippen LogP contribution in [-0.2, 0) is 20.8 Å². The summed E-state index contributed by atoms with van der Waals surface area (Å²) in [6, 6.07) is 16.6. The van der Waals surface area contributed by atoms with Crippen molar-refractivity contribution < 1.29 is 14.4 Å². The van der Waals surface area contributed by atoms with Gasteiger partial charge in [0.2, 0.25) is 11.8 Å². The van der Waals surface area contributed by atoms with Crippen LogP contribution in [0.2, 0.25) is 0 Å². The van der Waals surface area contributed by atoms with E-state index < -0.39 is 11.9 Å². The van der Waals surface area contributed by atoms with Crippen molar-refractivity contribution in [3.63, 3.8) is 0 Å². The zero-order valence-electron chi connectivity index (χ0n) is 17.4. The minimum absolute atomic E-state index is 0.00650.